The maximum absolute atomic E-state index is 11.3. The van der Waals surface area contributed by atoms with E-state index in [-0.39, 0.29) is 5.91 Å². The predicted octanol–water partition coefficient (Wildman–Crippen LogP) is 1.50. The van der Waals surface area contributed by atoms with E-state index in [1.165, 1.54) is 11.1 Å². The van der Waals surface area contributed by atoms with E-state index in [4.69, 9.17) is 0 Å². The highest BCUT2D eigenvalue weighted by atomic mass is 16.3. The maximum Gasteiger partial charge on any atom is 0.219 e. The molecule has 0 aromatic heterocycles. The van der Waals surface area contributed by atoms with Crippen LogP contribution in [-0.2, 0) is 4.79 Å². The van der Waals surface area contributed by atoms with E-state index in [1.54, 1.807) is 6.92 Å². The second-order valence-electron chi connectivity index (χ2n) is 5.67. The Hall–Kier alpha value is -1.39. The van der Waals surface area contributed by atoms with Crippen molar-refractivity contribution in [3.05, 3.63) is 34.9 Å². The average molecular weight is 276 g/mol. The number of hydrogen-bond acceptors (Lipinski definition) is 3. The van der Waals surface area contributed by atoms with E-state index in [0.717, 1.165) is 31.7 Å². The van der Waals surface area contributed by atoms with Gasteiger partial charge in [-0.3, -0.25) is 9.69 Å². The number of benzene rings is 1. The predicted molar refractivity (Wildman–Crippen MR) is 79.6 cm³/mol. The summed E-state index contributed by atoms with van der Waals surface area (Å²) in [5.41, 5.74) is 3.43. The van der Waals surface area contributed by atoms with E-state index in [2.05, 4.69) is 30.9 Å². The molecule has 0 bridgehead atoms. The highest BCUT2D eigenvalue weighted by Gasteiger charge is 2.21. The van der Waals surface area contributed by atoms with E-state index < -0.39 is 6.10 Å². The molecule has 2 rings (SSSR count). The fraction of sp³-hybridized carbons (Fsp3) is 0.562. The van der Waals surface area contributed by atoms with Crippen LogP contribution in [0.3, 0.4) is 0 Å². The average Bonchev–Trinajstić information content (AvgIpc) is 2.42. The van der Waals surface area contributed by atoms with Crippen molar-refractivity contribution in [1.82, 2.24) is 9.80 Å². The summed E-state index contributed by atoms with van der Waals surface area (Å²) in [6.07, 6.45) is -0.460. The molecule has 0 saturated carbocycles. The molecule has 0 spiro atoms. The van der Waals surface area contributed by atoms with Crippen molar-refractivity contribution in [2.24, 2.45) is 0 Å². The molecule has 1 amide bonds. The van der Waals surface area contributed by atoms with Gasteiger partial charge in [-0.15, -0.1) is 0 Å². The largest absolute Gasteiger partial charge is 0.387 e. The summed E-state index contributed by atoms with van der Waals surface area (Å²) in [5.74, 6) is 0.138. The number of piperazine rings is 1. The smallest absolute Gasteiger partial charge is 0.219 e. The number of aryl methyl sites for hydroxylation is 2. The second kappa shape index (κ2) is 6.37. The third-order valence-corrected chi connectivity index (χ3v) is 4.16. The number of β-amino-alcohol motifs (C(OH)–C–C–N with tert-alkyl or cyclic N) is 1. The number of aliphatic hydroxyl groups excluding tert-OH is 1. The maximum atomic E-state index is 11.3. The van der Waals surface area contributed by atoms with Crippen molar-refractivity contribution in [3.63, 3.8) is 0 Å². The van der Waals surface area contributed by atoms with Crippen LogP contribution in [-0.4, -0.2) is 53.5 Å². The molecule has 4 heteroatoms. The fourth-order valence-electron chi connectivity index (χ4n) is 2.57. The Labute approximate surface area is 121 Å². The van der Waals surface area contributed by atoms with Gasteiger partial charge in [0.05, 0.1) is 6.10 Å². The van der Waals surface area contributed by atoms with E-state index in [9.17, 15) is 9.90 Å². The van der Waals surface area contributed by atoms with Gasteiger partial charge in [-0.1, -0.05) is 18.2 Å². The van der Waals surface area contributed by atoms with Crippen molar-refractivity contribution in [1.29, 1.82) is 0 Å². The normalized spacial score (nSPS) is 18.1. The van der Waals surface area contributed by atoms with Gasteiger partial charge in [0.15, 0.2) is 0 Å². The molecule has 1 heterocycles. The number of nitrogens with zero attached hydrogens (tertiary/aromatic N) is 2. The van der Waals surface area contributed by atoms with Crippen LogP contribution in [0, 0.1) is 13.8 Å². The molecule has 0 aliphatic carbocycles. The summed E-state index contributed by atoms with van der Waals surface area (Å²) in [4.78, 5) is 15.4. The number of amides is 1. The third-order valence-electron chi connectivity index (χ3n) is 4.16. The lowest BCUT2D eigenvalue weighted by molar-refractivity contribution is -0.130. The molecule has 1 saturated heterocycles. The topological polar surface area (TPSA) is 43.8 Å². The van der Waals surface area contributed by atoms with Gasteiger partial charge in [-0.2, -0.15) is 0 Å². The van der Waals surface area contributed by atoms with Gasteiger partial charge < -0.3 is 10.0 Å². The first kappa shape index (κ1) is 15.0. The number of rotatable bonds is 3. The van der Waals surface area contributed by atoms with E-state index in [0.29, 0.717) is 6.54 Å². The van der Waals surface area contributed by atoms with Gasteiger partial charge in [0, 0.05) is 39.6 Å². The number of carbonyl (C=O) groups excluding carboxylic acids is 1. The van der Waals surface area contributed by atoms with Crippen molar-refractivity contribution in [2.45, 2.75) is 26.9 Å². The van der Waals surface area contributed by atoms with Crippen LogP contribution in [0.25, 0.3) is 0 Å². The van der Waals surface area contributed by atoms with E-state index >= 15 is 0 Å². The molecule has 1 unspecified atom stereocenters. The molecule has 1 atom stereocenters. The minimum atomic E-state index is -0.460. The summed E-state index contributed by atoms with van der Waals surface area (Å²) in [6.45, 7) is 9.57. The molecule has 4 nitrogen and oxygen atoms in total. The lowest BCUT2D eigenvalue weighted by atomic mass is 10.0. The Bertz CT molecular complexity index is 479. The number of hydrogen-bond donors (Lipinski definition) is 1. The Morgan fingerprint density at radius 1 is 1.20 bits per heavy atom. The van der Waals surface area contributed by atoms with Crippen molar-refractivity contribution in [3.8, 4) is 0 Å². The van der Waals surface area contributed by atoms with E-state index in [1.807, 2.05) is 11.0 Å². The zero-order valence-corrected chi connectivity index (χ0v) is 12.6. The highest BCUT2D eigenvalue weighted by molar-refractivity contribution is 5.73. The van der Waals surface area contributed by atoms with Crippen molar-refractivity contribution < 1.29 is 9.90 Å². The Morgan fingerprint density at radius 2 is 1.85 bits per heavy atom. The van der Waals surface area contributed by atoms with Crippen LogP contribution < -0.4 is 0 Å². The van der Waals surface area contributed by atoms with Gasteiger partial charge in [0.1, 0.15) is 0 Å². The first-order valence-corrected chi connectivity index (χ1v) is 7.20. The van der Waals surface area contributed by atoms with Crippen LogP contribution in [0.2, 0.25) is 0 Å². The van der Waals surface area contributed by atoms with Crippen LogP contribution >= 0.6 is 0 Å². The minimum absolute atomic E-state index is 0.138. The van der Waals surface area contributed by atoms with Gasteiger partial charge in [-0.25, -0.2) is 0 Å². The molecular weight excluding hydrogens is 252 g/mol. The molecular formula is C16H24N2O2. The zero-order valence-electron chi connectivity index (χ0n) is 12.6. The highest BCUT2D eigenvalue weighted by Crippen LogP contribution is 2.18. The zero-order chi connectivity index (χ0) is 14.7. The Kier molecular flexibility index (Phi) is 4.78. The lowest BCUT2D eigenvalue weighted by Crippen LogP contribution is -2.48. The summed E-state index contributed by atoms with van der Waals surface area (Å²) in [6, 6.07) is 6.12. The molecule has 110 valence electrons. The molecule has 1 aromatic carbocycles. The molecule has 1 aromatic rings. The Balaban J connectivity index is 1.90. The lowest BCUT2D eigenvalue weighted by Gasteiger charge is -2.35. The molecule has 20 heavy (non-hydrogen) atoms. The molecule has 0 radical (unpaired) electrons. The van der Waals surface area contributed by atoms with Crippen molar-refractivity contribution in [2.75, 3.05) is 32.7 Å². The standard InChI is InChI=1S/C16H24N2O2/c1-12-4-5-15(10-13(12)2)16(20)11-17-6-8-18(9-7-17)14(3)19/h4-5,10,16,20H,6-9,11H2,1-3H3. The second-order valence-corrected chi connectivity index (χ2v) is 5.67. The van der Waals surface area contributed by atoms with Crippen molar-refractivity contribution >= 4 is 5.91 Å². The third kappa shape index (κ3) is 3.58. The summed E-state index contributed by atoms with van der Waals surface area (Å²) < 4.78 is 0. The number of carbonyl (C=O) groups is 1. The fourth-order valence-corrected chi connectivity index (χ4v) is 2.57. The van der Waals surface area contributed by atoms with Crippen LogP contribution in [0.5, 0.6) is 0 Å². The summed E-state index contributed by atoms with van der Waals surface area (Å²) in [5, 5.41) is 10.3. The SMILES string of the molecule is CC(=O)N1CCN(CC(O)c2ccc(C)c(C)c2)CC1. The first-order valence-electron chi connectivity index (χ1n) is 7.20. The van der Waals surface area contributed by atoms with Crippen LogP contribution in [0.1, 0.15) is 29.7 Å². The van der Waals surface area contributed by atoms with Gasteiger partial charge in [0.2, 0.25) is 5.91 Å². The minimum Gasteiger partial charge on any atom is -0.387 e. The van der Waals surface area contributed by atoms with Crippen LogP contribution in [0.4, 0.5) is 0 Å². The molecule has 1 N–H and O–H groups in total. The van der Waals surface area contributed by atoms with Gasteiger partial charge in [-0.05, 0) is 30.5 Å². The molecule has 1 fully saturated rings. The first-order chi connectivity index (χ1) is 9.47. The van der Waals surface area contributed by atoms with Gasteiger partial charge >= 0.3 is 0 Å². The number of aliphatic hydroxyl groups is 1. The summed E-state index contributed by atoms with van der Waals surface area (Å²) >= 11 is 0. The molecule has 1 aliphatic heterocycles. The van der Waals surface area contributed by atoms with Gasteiger partial charge in [0.25, 0.3) is 0 Å². The Morgan fingerprint density at radius 3 is 2.40 bits per heavy atom. The molecule has 1 aliphatic rings. The quantitative estimate of drug-likeness (QED) is 0.910. The van der Waals surface area contributed by atoms with Crippen LogP contribution in [0.15, 0.2) is 18.2 Å². The summed E-state index contributed by atoms with van der Waals surface area (Å²) in [7, 11) is 0. The monoisotopic (exact) mass is 276 g/mol.